The zero-order valence-electron chi connectivity index (χ0n) is 20.8. The molecule has 0 aliphatic carbocycles. The topological polar surface area (TPSA) is 131 Å². The van der Waals surface area contributed by atoms with Gasteiger partial charge in [0.15, 0.2) is 9.84 Å². The van der Waals surface area contributed by atoms with Crippen molar-refractivity contribution < 1.29 is 18.3 Å². The van der Waals surface area contributed by atoms with Crippen LogP contribution < -0.4 is 10.6 Å². The van der Waals surface area contributed by atoms with E-state index in [9.17, 15) is 18.3 Å². The van der Waals surface area contributed by atoms with Crippen LogP contribution in [0.5, 0.6) is 0 Å². The second-order valence-corrected chi connectivity index (χ2v) is 11.8. The second kappa shape index (κ2) is 12.7. The van der Waals surface area contributed by atoms with E-state index in [4.69, 9.17) is 11.1 Å². The highest BCUT2D eigenvalue weighted by Gasteiger charge is 2.36. The number of benzene rings is 2. The molecule has 0 spiro atoms. The maximum absolute atomic E-state index is 12.9. The minimum Gasteiger partial charge on any atom is -0.480 e. The SMILES string of the molecule is Cl.N=C(N)c1ccc(N2CCN(C3CCN(CC(=O)O)CC3CCS(=O)(=O)c3ccccc3)CC2)cc1. The van der Waals surface area contributed by atoms with Crippen LogP contribution in [-0.4, -0.2) is 92.7 Å². The number of nitrogens with zero attached hydrogens (tertiary/aromatic N) is 3. The van der Waals surface area contributed by atoms with Gasteiger partial charge in [-0.15, -0.1) is 12.4 Å². The smallest absolute Gasteiger partial charge is 0.317 e. The van der Waals surface area contributed by atoms with E-state index >= 15 is 0 Å². The quantitative estimate of drug-likeness (QED) is 0.320. The van der Waals surface area contributed by atoms with Crippen molar-refractivity contribution in [2.45, 2.75) is 23.8 Å². The van der Waals surface area contributed by atoms with Crippen molar-refractivity contribution in [3.8, 4) is 0 Å². The lowest BCUT2D eigenvalue weighted by atomic mass is 9.88. The van der Waals surface area contributed by atoms with Crippen LogP contribution in [0.4, 0.5) is 5.69 Å². The lowest BCUT2D eigenvalue weighted by Gasteiger charge is -2.47. The number of amidine groups is 1. The third-order valence-electron chi connectivity index (χ3n) is 7.32. The average molecular weight is 550 g/mol. The molecule has 9 nitrogen and oxygen atoms in total. The molecule has 0 amide bonds. The predicted octanol–water partition coefficient (Wildman–Crippen LogP) is 2.15. The van der Waals surface area contributed by atoms with E-state index in [1.54, 1.807) is 30.3 Å². The Kier molecular flexibility index (Phi) is 9.94. The van der Waals surface area contributed by atoms with Crippen LogP contribution in [0, 0.1) is 11.3 Å². The van der Waals surface area contributed by atoms with Crippen LogP contribution in [-0.2, 0) is 14.6 Å². The number of carbonyl (C=O) groups is 1. The Morgan fingerprint density at radius 1 is 1.00 bits per heavy atom. The fraction of sp³-hybridized carbons (Fsp3) is 0.462. The molecular weight excluding hydrogens is 514 g/mol. The molecule has 2 aromatic rings. The molecule has 4 N–H and O–H groups in total. The Bertz CT molecular complexity index is 1160. The molecule has 2 aliphatic rings. The highest BCUT2D eigenvalue weighted by Crippen LogP contribution is 2.28. The van der Waals surface area contributed by atoms with Crippen LogP contribution in [0.15, 0.2) is 59.5 Å². The van der Waals surface area contributed by atoms with Crippen molar-refractivity contribution in [1.82, 2.24) is 9.80 Å². The number of aliphatic carboxylic acids is 1. The first-order valence-electron chi connectivity index (χ1n) is 12.4. The maximum Gasteiger partial charge on any atom is 0.317 e. The molecule has 0 aromatic heterocycles. The van der Waals surface area contributed by atoms with Gasteiger partial charge in [-0.25, -0.2) is 8.42 Å². The summed E-state index contributed by atoms with van der Waals surface area (Å²) in [6.07, 6.45) is 1.33. The Balaban J connectivity index is 0.00000380. The number of nitrogens with one attached hydrogen (secondary N) is 1. The van der Waals surface area contributed by atoms with Gasteiger partial charge in [0.2, 0.25) is 0 Å². The first-order chi connectivity index (χ1) is 17.2. The van der Waals surface area contributed by atoms with Gasteiger partial charge in [-0.05, 0) is 55.2 Å². The maximum atomic E-state index is 12.9. The van der Waals surface area contributed by atoms with Gasteiger partial charge in [-0.1, -0.05) is 18.2 Å². The van der Waals surface area contributed by atoms with Gasteiger partial charge < -0.3 is 15.7 Å². The normalized spacial score (nSPS) is 21.2. The Hall–Kier alpha value is -2.66. The lowest BCUT2D eigenvalue weighted by molar-refractivity contribution is -0.139. The van der Waals surface area contributed by atoms with Crippen LogP contribution >= 0.6 is 12.4 Å². The summed E-state index contributed by atoms with van der Waals surface area (Å²) in [5.41, 5.74) is 7.37. The molecule has 11 heteroatoms. The largest absolute Gasteiger partial charge is 0.480 e. The van der Waals surface area contributed by atoms with E-state index in [0.29, 0.717) is 30.0 Å². The lowest BCUT2D eigenvalue weighted by Crippen LogP contribution is -2.57. The van der Waals surface area contributed by atoms with Gasteiger partial charge in [0.25, 0.3) is 0 Å². The molecule has 2 aromatic carbocycles. The molecule has 37 heavy (non-hydrogen) atoms. The van der Waals surface area contributed by atoms with E-state index in [1.807, 2.05) is 29.2 Å². The number of sulfone groups is 1. The Morgan fingerprint density at radius 3 is 2.24 bits per heavy atom. The molecular formula is C26H36ClN5O4S. The van der Waals surface area contributed by atoms with E-state index in [0.717, 1.165) is 38.3 Å². The number of hydrogen-bond donors (Lipinski definition) is 3. The summed E-state index contributed by atoms with van der Waals surface area (Å²) in [7, 11) is -3.39. The van der Waals surface area contributed by atoms with Crippen LogP contribution in [0.2, 0.25) is 0 Å². The molecule has 0 saturated carbocycles. The van der Waals surface area contributed by atoms with Crippen molar-refractivity contribution >= 4 is 39.7 Å². The number of nitrogen functional groups attached to an aromatic ring is 1. The number of carboxylic acids is 1. The number of halogens is 1. The minimum atomic E-state index is -3.39. The van der Waals surface area contributed by atoms with Crippen molar-refractivity contribution in [1.29, 1.82) is 5.41 Å². The highest BCUT2D eigenvalue weighted by molar-refractivity contribution is 7.91. The van der Waals surface area contributed by atoms with Gasteiger partial charge in [-0.3, -0.25) is 20.0 Å². The van der Waals surface area contributed by atoms with Crippen molar-refractivity contribution in [3.05, 3.63) is 60.2 Å². The van der Waals surface area contributed by atoms with Crippen LogP contribution in [0.25, 0.3) is 0 Å². The number of hydrogen-bond acceptors (Lipinski definition) is 7. The molecule has 2 atom stereocenters. The monoisotopic (exact) mass is 549 g/mol. The molecule has 2 heterocycles. The summed E-state index contributed by atoms with van der Waals surface area (Å²) >= 11 is 0. The van der Waals surface area contributed by atoms with Crippen LogP contribution in [0.1, 0.15) is 18.4 Å². The minimum absolute atomic E-state index is 0. The molecule has 4 rings (SSSR count). The predicted molar refractivity (Wildman–Crippen MR) is 148 cm³/mol. The molecule has 202 valence electrons. The van der Waals surface area contributed by atoms with Crippen molar-refractivity contribution in [3.63, 3.8) is 0 Å². The summed E-state index contributed by atoms with van der Waals surface area (Å²) < 4.78 is 25.9. The Morgan fingerprint density at radius 2 is 1.65 bits per heavy atom. The number of nitrogens with two attached hydrogens (primary N) is 1. The van der Waals surface area contributed by atoms with E-state index < -0.39 is 15.8 Å². The first-order valence-corrected chi connectivity index (χ1v) is 14.0. The first kappa shape index (κ1) is 28.9. The zero-order valence-corrected chi connectivity index (χ0v) is 22.5. The number of piperazine rings is 1. The van der Waals surface area contributed by atoms with Gasteiger partial charge in [0.05, 0.1) is 17.2 Å². The molecule has 2 fully saturated rings. The van der Waals surface area contributed by atoms with E-state index in [-0.39, 0.29) is 42.5 Å². The van der Waals surface area contributed by atoms with E-state index in [1.165, 1.54) is 0 Å². The van der Waals surface area contributed by atoms with Crippen molar-refractivity contribution in [2.24, 2.45) is 11.7 Å². The molecule has 2 aliphatic heterocycles. The molecule has 0 bridgehead atoms. The van der Waals surface area contributed by atoms with Gasteiger partial charge in [0.1, 0.15) is 5.84 Å². The fourth-order valence-electron chi connectivity index (χ4n) is 5.41. The molecule has 2 unspecified atom stereocenters. The molecule has 0 radical (unpaired) electrons. The van der Waals surface area contributed by atoms with Crippen molar-refractivity contribution in [2.75, 3.05) is 56.5 Å². The van der Waals surface area contributed by atoms with Crippen LogP contribution in [0.3, 0.4) is 0 Å². The average Bonchev–Trinajstić information content (AvgIpc) is 2.88. The zero-order chi connectivity index (χ0) is 25.7. The number of likely N-dealkylation sites (tertiary alicyclic amines) is 1. The number of anilines is 1. The van der Waals surface area contributed by atoms with Gasteiger partial charge in [-0.2, -0.15) is 0 Å². The third kappa shape index (κ3) is 7.44. The second-order valence-electron chi connectivity index (χ2n) is 9.65. The Labute approximate surface area is 225 Å². The summed E-state index contributed by atoms with van der Waals surface area (Å²) in [4.78, 5) is 18.4. The third-order valence-corrected chi connectivity index (χ3v) is 9.09. The van der Waals surface area contributed by atoms with E-state index in [2.05, 4.69) is 9.80 Å². The standard InChI is InChI=1S/C26H35N5O4S.ClH/c27-26(28)20-6-8-22(9-7-20)30-13-15-31(16-14-30)24-10-12-29(19-25(32)33)18-21(24)11-17-36(34,35)23-4-2-1-3-5-23;/h1-9,21,24H,10-19H2,(H3,27,28)(H,32,33);1H. The summed E-state index contributed by atoms with van der Waals surface area (Å²) in [5, 5.41) is 16.9. The molecule has 2 saturated heterocycles. The number of piperidine rings is 1. The summed E-state index contributed by atoms with van der Waals surface area (Å²) in [6, 6.07) is 16.5. The van der Waals surface area contributed by atoms with Gasteiger partial charge >= 0.3 is 5.97 Å². The number of rotatable bonds is 9. The summed E-state index contributed by atoms with van der Waals surface area (Å²) in [5.74, 6) is -0.658. The highest BCUT2D eigenvalue weighted by atomic mass is 35.5. The number of carboxylic acid groups (broad SMARTS) is 1. The van der Waals surface area contributed by atoms with Gasteiger partial charge in [0, 0.05) is 56.6 Å². The fourth-order valence-corrected chi connectivity index (χ4v) is 6.83. The summed E-state index contributed by atoms with van der Waals surface area (Å²) in [6.45, 7) is 4.70.